The molecular formula is C24H32N2O. The van der Waals surface area contributed by atoms with Crippen LogP contribution in [0.5, 0.6) is 0 Å². The zero-order chi connectivity index (χ0) is 19.5. The average molecular weight is 365 g/mol. The Morgan fingerprint density at radius 1 is 1.00 bits per heavy atom. The molecule has 0 aliphatic carbocycles. The van der Waals surface area contributed by atoms with E-state index in [1.807, 2.05) is 41.3 Å². The summed E-state index contributed by atoms with van der Waals surface area (Å²) >= 11 is 0. The van der Waals surface area contributed by atoms with Crippen LogP contribution in [-0.2, 0) is 0 Å². The van der Waals surface area contributed by atoms with E-state index in [0.717, 1.165) is 18.5 Å². The first kappa shape index (κ1) is 20.8. The van der Waals surface area contributed by atoms with Gasteiger partial charge >= 0.3 is 6.03 Å². The van der Waals surface area contributed by atoms with Crippen molar-refractivity contribution in [1.29, 1.82) is 0 Å². The van der Waals surface area contributed by atoms with Gasteiger partial charge in [0.2, 0.25) is 0 Å². The van der Waals surface area contributed by atoms with Gasteiger partial charge in [-0.2, -0.15) is 0 Å². The third kappa shape index (κ3) is 7.30. The Bertz CT molecular complexity index is 708. The van der Waals surface area contributed by atoms with E-state index in [1.165, 1.54) is 24.0 Å². The molecule has 2 amide bonds. The minimum atomic E-state index is -0.0503. The maximum Gasteiger partial charge on any atom is 0.322 e. The topological polar surface area (TPSA) is 32.3 Å². The highest BCUT2D eigenvalue weighted by molar-refractivity contribution is 5.89. The van der Waals surface area contributed by atoms with Gasteiger partial charge in [-0.3, -0.25) is 0 Å². The lowest BCUT2D eigenvalue weighted by molar-refractivity contribution is 0.202. The summed E-state index contributed by atoms with van der Waals surface area (Å²) in [6, 6.07) is 20.1. The number of carbonyl (C=O) groups excluding carboxylic acids is 1. The molecule has 0 aromatic heterocycles. The number of anilines is 1. The molecular weight excluding hydrogens is 332 g/mol. The highest BCUT2D eigenvalue weighted by atomic mass is 16.2. The van der Waals surface area contributed by atoms with Crippen LogP contribution in [0, 0.1) is 0 Å². The summed E-state index contributed by atoms with van der Waals surface area (Å²) in [5, 5.41) is 3.02. The van der Waals surface area contributed by atoms with Gasteiger partial charge in [0.25, 0.3) is 0 Å². The lowest BCUT2D eigenvalue weighted by atomic mass is 10.0. The fraction of sp³-hybridized carbons (Fsp3) is 0.375. The number of urea groups is 1. The predicted octanol–water partition coefficient (Wildman–Crippen LogP) is 6.59. The van der Waals surface area contributed by atoms with Crippen LogP contribution in [0.15, 0.2) is 66.2 Å². The zero-order valence-corrected chi connectivity index (χ0v) is 16.8. The minimum Gasteiger partial charge on any atom is -0.318 e. The summed E-state index contributed by atoms with van der Waals surface area (Å²) < 4.78 is 0. The molecule has 3 heteroatoms. The normalized spacial score (nSPS) is 11.5. The van der Waals surface area contributed by atoms with E-state index >= 15 is 0 Å². The summed E-state index contributed by atoms with van der Waals surface area (Å²) in [6.45, 7) is 7.00. The third-order valence-electron chi connectivity index (χ3n) is 4.55. The van der Waals surface area contributed by atoms with Crippen molar-refractivity contribution >= 4 is 17.8 Å². The number of rotatable bonds is 9. The molecule has 0 radical (unpaired) electrons. The van der Waals surface area contributed by atoms with Gasteiger partial charge < -0.3 is 10.2 Å². The molecule has 0 atom stereocenters. The largest absolute Gasteiger partial charge is 0.322 e. The Balaban J connectivity index is 2.14. The SMILES string of the molecule is CCCCC/C(=C\c1ccccc1)CN(C(=O)Nc1ccccc1)C(C)C. The summed E-state index contributed by atoms with van der Waals surface area (Å²) in [5.41, 5.74) is 3.32. The van der Waals surface area contributed by atoms with Crippen molar-refractivity contribution in [3.63, 3.8) is 0 Å². The van der Waals surface area contributed by atoms with Gasteiger partial charge in [0.05, 0.1) is 0 Å². The number of nitrogens with zero attached hydrogens (tertiary/aromatic N) is 1. The first-order valence-electron chi connectivity index (χ1n) is 9.97. The van der Waals surface area contributed by atoms with E-state index in [1.54, 1.807) is 0 Å². The molecule has 0 saturated heterocycles. The van der Waals surface area contributed by atoms with Gasteiger partial charge in [0.15, 0.2) is 0 Å². The molecule has 0 saturated carbocycles. The number of benzene rings is 2. The highest BCUT2D eigenvalue weighted by Crippen LogP contribution is 2.18. The number of amides is 2. The van der Waals surface area contributed by atoms with Crippen molar-refractivity contribution in [2.24, 2.45) is 0 Å². The average Bonchev–Trinajstić information content (AvgIpc) is 2.67. The molecule has 0 bridgehead atoms. The quantitative estimate of drug-likeness (QED) is 0.500. The summed E-state index contributed by atoms with van der Waals surface area (Å²) in [7, 11) is 0. The van der Waals surface area contributed by atoms with Crippen LogP contribution in [-0.4, -0.2) is 23.5 Å². The first-order chi connectivity index (χ1) is 13.1. The number of hydrogen-bond donors (Lipinski definition) is 1. The van der Waals surface area contributed by atoms with Crippen LogP contribution in [0.4, 0.5) is 10.5 Å². The predicted molar refractivity (Wildman–Crippen MR) is 116 cm³/mol. The minimum absolute atomic E-state index is 0.0503. The van der Waals surface area contributed by atoms with E-state index in [4.69, 9.17) is 0 Å². The third-order valence-corrected chi connectivity index (χ3v) is 4.55. The molecule has 0 spiro atoms. The Morgan fingerprint density at radius 2 is 1.63 bits per heavy atom. The van der Waals surface area contributed by atoms with Gasteiger partial charge in [-0.15, -0.1) is 0 Å². The van der Waals surface area contributed by atoms with Crippen molar-refractivity contribution in [2.75, 3.05) is 11.9 Å². The number of para-hydroxylation sites is 1. The molecule has 27 heavy (non-hydrogen) atoms. The van der Waals surface area contributed by atoms with Crippen molar-refractivity contribution in [1.82, 2.24) is 4.90 Å². The van der Waals surface area contributed by atoms with E-state index in [9.17, 15) is 4.79 Å². The number of nitrogens with one attached hydrogen (secondary N) is 1. The molecule has 3 nitrogen and oxygen atoms in total. The molecule has 0 heterocycles. The summed E-state index contributed by atoms with van der Waals surface area (Å²) in [5.74, 6) is 0. The number of hydrogen-bond acceptors (Lipinski definition) is 1. The van der Waals surface area contributed by atoms with E-state index in [-0.39, 0.29) is 12.1 Å². The number of unbranched alkanes of at least 4 members (excludes halogenated alkanes) is 2. The van der Waals surface area contributed by atoms with Gasteiger partial charge in [-0.25, -0.2) is 4.79 Å². The van der Waals surface area contributed by atoms with Crippen LogP contribution in [0.25, 0.3) is 6.08 Å². The van der Waals surface area contributed by atoms with Crippen LogP contribution in [0.1, 0.15) is 52.0 Å². The Morgan fingerprint density at radius 3 is 2.22 bits per heavy atom. The molecule has 0 aliphatic rings. The van der Waals surface area contributed by atoms with E-state index in [2.05, 4.69) is 56.4 Å². The lowest BCUT2D eigenvalue weighted by Gasteiger charge is -2.28. The molecule has 0 aliphatic heterocycles. The Kier molecular flexibility index (Phi) is 8.63. The molecule has 144 valence electrons. The van der Waals surface area contributed by atoms with Crippen LogP contribution in [0.2, 0.25) is 0 Å². The molecule has 2 aromatic rings. The summed E-state index contributed by atoms with van der Waals surface area (Å²) in [6.07, 6.45) is 6.82. The fourth-order valence-electron chi connectivity index (χ4n) is 3.01. The van der Waals surface area contributed by atoms with Crippen molar-refractivity contribution in [3.05, 3.63) is 71.8 Å². The second-order valence-corrected chi connectivity index (χ2v) is 7.19. The van der Waals surface area contributed by atoms with Crippen LogP contribution in [0.3, 0.4) is 0 Å². The van der Waals surface area contributed by atoms with Gasteiger partial charge in [-0.1, -0.05) is 79.9 Å². The smallest absolute Gasteiger partial charge is 0.318 e. The standard InChI is InChI=1S/C24H32N2O/c1-4-5-8-15-22(18-21-13-9-6-10-14-21)19-26(20(2)3)24(27)25-23-16-11-7-12-17-23/h6-7,9-14,16-18,20H,4-5,8,15,19H2,1-3H3,(H,25,27)/b22-18+. The molecule has 2 aromatic carbocycles. The second kappa shape index (κ2) is 11.2. The zero-order valence-electron chi connectivity index (χ0n) is 16.8. The van der Waals surface area contributed by atoms with E-state index < -0.39 is 0 Å². The van der Waals surface area contributed by atoms with Crippen LogP contribution >= 0.6 is 0 Å². The Labute approximate surface area is 164 Å². The van der Waals surface area contributed by atoms with Gasteiger partial charge in [-0.05, 0) is 44.4 Å². The highest BCUT2D eigenvalue weighted by Gasteiger charge is 2.18. The molecule has 0 fully saturated rings. The maximum absolute atomic E-state index is 12.9. The molecule has 2 rings (SSSR count). The van der Waals surface area contributed by atoms with Crippen LogP contribution < -0.4 is 5.32 Å². The monoisotopic (exact) mass is 364 g/mol. The number of carbonyl (C=O) groups is 1. The Hall–Kier alpha value is -2.55. The van der Waals surface area contributed by atoms with Gasteiger partial charge in [0.1, 0.15) is 0 Å². The van der Waals surface area contributed by atoms with E-state index in [0.29, 0.717) is 6.54 Å². The summed E-state index contributed by atoms with van der Waals surface area (Å²) in [4.78, 5) is 14.8. The molecule has 1 N–H and O–H groups in total. The lowest BCUT2D eigenvalue weighted by Crippen LogP contribution is -2.41. The van der Waals surface area contributed by atoms with Crippen molar-refractivity contribution < 1.29 is 4.79 Å². The van der Waals surface area contributed by atoms with Gasteiger partial charge in [0, 0.05) is 18.3 Å². The fourth-order valence-corrected chi connectivity index (χ4v) is 3.01. The van der Waals surface area contributed by atoms with Crippen molar-refractivity contribution in [3.8, 4) is 0 Å². The molecule has 0 unspecified atom stereocenters. The first-order valence-corrected chi connectivity index (χ1v) is 9.97. The second-order valence-electron chi connectivity index (χ2n) is 7.19. The van der Waals surface area contributed by atoms with Crippen molar-refractivity contribution in [2.45, 2.75) is 52.5 Å². The maximum atomic E-state index is 12.9.